The van der Waals surface area contributed by atoms with Gasteiger partial charge in [0, 0.05) is 0 Å². The van der Waals surface area contributed by atoms with Gasteiger partial charge in [0.15, 0.2) is 0 Å². The van der Waals surface area contributed by atoms with Crippen LogP contribution in [0.4, 0.5) is 0 Å². The number of hydrogen-bond acceptors (Lipinski definition) is 4. The molecule has 1 aromatic rings. The first-order chi connectivity index (χ1) is 4.36. The van der Waals surface area contributed by atoms with Gasteiger partial charge in [-0.25, -0.2) is 0 Å². The molecule has 1 heterocycles. The van der Waals surface area contributed by atoms with E-state index < -0.39 is 0 Å². The molecule has 0 saturated carbocycles. The van der Waals surface area contributed by atoms with Crippen LogP contribution in [0.2, 0.25) is 0 Å². The lowest BCUT2D eigenvalue weighted by molar-refractivity contribution is 0.376. The van der Waals surface area contributed by atoms with Crippen molar-refractivity contribution in [2.45, 2.75) is 13.5 Å². The van der Waals surface area contributed by atoms with E-state index in [9.17, 15) is 0 Å². The van der Waals surface area contributed by atoms with Gasteiger partial charge in [-0.2, -0.15) is 4.80 Å². The highest BCUT2D eigenvalue weighted by molar-refractivity contribution is 4.80. The number of aromatic nitrogens is 4. The van der Waals surface area contributed by atoms with Gasteiger partial charge in [-0.05, 0) is 12.1 Å². The van der Waals surface area contributed by atoms with Crippen LogP contribution in [0, 0.1) is 0 Å². The molecule has 0 aliphatic rings. The second-order valence-corrected chi connectivity index (χ2v) is 1.46. The van der Waals surface area contributed by atoms with Crippen LogP contribution in [0.15, 0.2) is 0 Å². The van der Waals surface area contributed by atoms with Crippen LogP contribution in [0.25, 0.3) is 0 Å². The fraction of sp³-hybridized carbons (Fsp3) is 0.750. The number of methoxy groups -OCH3 is 1. The molecule has 0 unspecified atom stereocenters. The third-order valence-electron chi connectivity index (χ3n) is 0.900. The Kier molecular flexibility index (Phi) is 1.62. The lowest BCUT2D eigenvalue weighted by Crippen LogP contribution is -1.98. The Bertz CT molecular complexity index is 166. The normalized spacial score (nSPS) is 9.56. The monoisotopic (exact) mass is 128 g/mol. The van der Waals surface area contributed by atoms with Gasteiger partial charge in [-0.15, -0.1) is 0 Å². The standard InChI is InChI=1S/C4H8N4O/c1-3-8-6-4(9-2)5-7-8/h3H2,1-2H3. The lowest BCUT2D eigenvalue weighted by Gasteiger charge is -1.86. The Morgan fingerprint density at radius 3 is 2.78 bits per heavy atom. The van der Waals surface area contributed by atoms with Crippen molar-refractivity contribution in [2.24, 2.45) is 0 Å². The Hall–Kier alpha value is -1.13. The summed E-state index contributed by atoms with van der Waals surface area (Å²) in [5.74, 6) is 0. The van der Waals surface area contributed by atoms with Crippen molar-refractivity contribution in [2.75, 3.05) is 7.11 Å². The molecule has 0 aliphatic carbocycles. The predicted octanol–water partition coefficient (Wildman–Crippen LogP) is -0.298. The van der Waals surface area contributed by atoms with Gasteiger partial charge in [0.25, 0.3) is 0 Å². The molecule has 0 bridgehead atoms. The Balaban J connectivity index is 2.74. The largest absolute Gasteiger partial charge is 0.465 e. The Labute approximate surface area is 52.6 Å². The summed E-state index contributed by atoms with van der Waals surface area (Å²) in [6.45, 7) is 2.65. The van der Waals surface area contributed by atoms with Crippen molar-refractivity contribution in [3.05, 3.63) is 0 Å². The quantitative estimate of drug-likeness (QED) is 0.548. The molecule has 5 heteroatoms. The van der Waals surface area contributed by atoms with E-state index in [1.807, 2.05) is 6.92 Å². The molecule has 0 N–H and O–H groups in total. The Morgan fingerprint density at radius 2 is 2.44 bits per heavy atom. The molecule has 0 amide bonds. The van der Waals surface area contributed by atoms with Crippen LogP contribution >= 0.6 is 0 Å². The van der Waals surface area contributed by atoms with Gasteiger partial charge in [0.1, 0.15) is 0 Å². The molecule has 0 atom stereocenters. The molecule has 0 aromatic carbocycles. The molecule has 0 fully saturated rings. The molecule has 0 radical (unpaired) electrons. The van der Waals surface area contributed by atoms with Crippen molar-refractivity contribution in [3.8, 4) is 6.01 Å². The first-order valence-electron chi connectivity index (χ1n) is 2.68. The van der Waals surface area contributed by atoms with Crippen LogP contribution in [0.1, 0.15) is 6.92 Å². The smallest absolute Gasteiger partial charge is 0.355 e. The van der Waals surface area contributed by atoms with Crippen LogP contribution in [0.3, 0.4) is 0 Å². The fourth-order valence-corrected chi connectivity index (χ4v) is 0.444. The zero-order valence-corrected chi connectivity index (χ0v) is 5.40. The molecule has 0 saturated heterocycles. The van der Waals surface area contributed by atoms with Gasteiger partial charge in [0.05, 0.1) is 13.7 Å². The molecule has 1 rings (SSSR count). The Morgan fingerprint density at radius 1 is 1.67 bits per heavy atom. The summed E-state index contributed by atoms with van der Waals surface area (Å²) in [5.41, 5.74) is 0. The summed E-state index contributed by atoms with van der Waals surface area (Å²) in [6, 6.07) is 0.317. The minimum Gasteiger partial charge on any atom is -0.465 e. The van der Waals surface area contributed by atoms with Crippen molar-refractivity contribution >= 4 is 0 Å². The number of rotatable bonds is 2. The third-order valence-corrected chi connectivity index (χ3v) is 0.900. The maximum absolute atomic E-state index is 4.69. The molecule has 9 heavy (non-hydrogen) atoms. The van der Waals surface area contributed by atoms with Gasteiger partial charge in [-0.3, -0.25) is 0 Å². The SMILES string of the molecule is CCn1nnc(OC)n1. The highest BCUT2D eigenvalue weighted by Crippen LogP contribution is 1.92. The van der Waals surface area contributed by atoms with Crippen molar-refractivity contribution in [1.29, 1.82) is 0 Å². The summed E-state index contributed by atoms with van der Waals surface area (Å²) < 4.78 is 4.69. The van der Waals surface area contributed by atoms with Crippen molar-refractivity contribution in [1.82, 2.24) is 20.2 Å². The van der Waals surface area contributed by atoms with E-state index in [2.05, 4.69) is 15.4 Å². The topological polar surface area (TPSA) is 52.8 Å². The molecular formula is C4H8N4O. The zero-order valence-electron chi connectivity index (χ0n) is 5.40. The molecule has 5 nitrogen and oxygen atoms in total. The minimum absolute atomic E-state index is 0.317. The second-order valence-electron chi connectivity index (χ2n) is 1.46. The van der Waals surface area contributed by atoms with Crippen LogP contribution in [-0.4, -0.2) is 27.3 Å². The van der Waals surface area contributed by atoms with Gasteiger partial charge < -0.3 is 4.74 Å². The number of aryl methyl sites for hydroxylation is 1. The number of ether oxygens (including phenoxy) is 1. The van der Waals surface area contributed by atoms with E-state index in [1.165, 1.54) is 11.9 Å². The summed E-state index contributed by atoms with van der Waals surface area (Å²) >= 11 is 0. The predicted molar refractivity (Wildman–Crippen MR) is 30.0 cm³/mol. The summed E-state index contributed by atoms with van der Waals surface area (Å²) in [5, 5.41) is 11.0. The number of tetrazole rings is 1. The van der Waals surface area contributed by atoms with Gasteiger partial charge in [0.2, 0.25) is 0 Å². The van der Waals surface area contributed by atoms with Crippen molar-refractivity contribution in [3.63, 3.8) is 0 Å². The molecule has 0 spiro atoms. The first-order valence-corrected chi connectivity index (χ1v) is 2.68. The first kappa shape index (κ1) is 6.00. The molecule has 0 aliphatic heterocycles. The maximum Gasteiger partial charge on any atom is 0.355 e. The van der Waals surface area contributed by atoms with Crippen LogP contribution in [0.5, 0.6) is 6.01 Å². The van der Waals surface area contributed by atoms with Crippen LogP contribution in [-0.2, 0) is 6.54 Å². The lowest BCUT2D eigenvalue weighted by atomic mass is 10.8. The number of hydrogen-bond donors (Lipinski definition) is 0. The summed E-state index contributed by atoms with van der Waals surface area (Å²) in [6.07, 6.45) is 0. The fourth-order valence-electron chi connectivity index (χ4n) is 0.444. The number of nitrogens with zero attached hydrogens (tertiary/aromatic N) is 4. The third kappa shape index (κ3) is 1.16. The zero-order chi connectivity index (χ0) is 6.69. The molecular weight excluding hydrogens is 120 g/mol. The van der Waals surface area contributed by atoms with Crippen LogP contribution < -0.4 is 4.74 Å². The average molecular weight is 128 g/mol. The highest BCUT2D eigenvalue weighted by atomic mass is 16.5. The van der Waals surface area contributed by atoms with E-state index in [4.69, 9.17) is 4.74 Å². The van der Waals surface area contributed by atoms with Crippen molar-refractivity contribution < 1.29 is 4.74 Å². The average Bonchev–Trinajstić information content (AvgIpc) is 2.34. The van der Waals surface area contributed by atoms with E-state index in [1.54, 1.807) is 0 Å². The summed E-state index contributed by atoms with van der Waals surface area (Å²) in [4.78, 5) is 1.46. The molecule has 50 valence electrons. The van der Waals surface area contributed by atoms with Gasteiger partial charge >= 0.3 is 6.01 Å². The molecule has 1 aromatic heterocycles. The van der Waals surface area contributed by atoms with E-state index in [-0.39, 0.29) is 0 Å². The summed E-state index contributed by atoms with van der Waals surface area (Å²) in [7, 11) is 1.51. The van der Waals surface area contributed by atoms with E-state index in [0.29, 0.717) is 6.01 Å². The van der Waals surface area contributed by atoms with E-state index >= 15 is 0 Å². The van der Waals surface area contributed by atoms with Gasteiger partial charge in [-0.1, -0.05) is 10.2 Å². The second kappa shape index (κ2) is 2.43. The highest BCUT2D eigenvalue weighted by Gasteiger charge is 1.96. The minimum atomic E-state index is 0.317. The maximum atomic E-state index is 4.69. The van der Waals surface area contributed by atoms with E-state index in [0.717, 1.165) is 6.54 Å².